The van der Waals surface area contributed by atoms with Gasteiger partial charge < -0.3 is 20.3 Å². The van der Waals surface area contributed by atoms with E-state index in [0.717, 1.165) is 31.8 Å². The van der Waals surface area contributed by atoms with Gasteiger partial charge in [-0.05, 0) is 44.4 Å². The molecule has 0 spiro atoms. The van der Waals surface area contributed by atoms with Gasteiger partial charge in [0.2, 0.25) is 0 Å². The van der Waals surface area contributed by atoms with Crippen molar-refractivity contribution in [3.63, 3.8) is 0 Å². The lowest BCUT2D eigenvalue weighted by atomic mass is 10.00. The fourth-order valence-corrected chi connectivity index (χ4v) is 1.58. The van der Waals surface area contributed by atoms with Gasteiger partial charge in [-0.25, -0.2) is 0 Å². The van der Waals surface area contributed by atoms with E-state index in [2.05, 4.69) is 6.92 Å². The monoisotopic (exact) mass is 281 g/mol. The highest BCUT2D eigenvalue weighted by molar-refractivity contribution is 5.27. The summed E-state index contributed by atoms with van der Waals surface area (Å²) in [6, 6.07) is 7.85. The molecule has 114 valence electrons. The van der Waals surface area contributed by atoms with Gasteiger partial charge in [0.05, 0.1) is 6.61 Å². The standard InChI is InChI=1S/C16H27NO3/c1-4-10-19-11-9-13-5-7-14(8-6-13)20-12-15(18)16(2,3)17/h5-8,15,18H,4,9-12,17H2,1-3H3. The van der Waals surface area contributed by atoms with Gasteiger partial charge in [0.15, 0.2) is 0 Å². The van der Waals surface area contributed by atoms with E-state index >= 15 is 0 Å². The molecule has 0 bridgehead atoms. The Morgan fingerprint density at radius 2 is 1.85 bits per heavy atom. The first-order chi connectivity index (χ1) is 9.43. The number of benzene rings is 1. The summed E-state index contributed by atoms with van der Waals surface area (Å²) in [5, 5.41) is 9.80. The maximum Gasteiger partial charge on any atom is 0.119 e. The molecule has 4 nitrogen and oxygen atoms in total. The fourth-order valence-electron chi connectivity index (χ4n) is 1.58. The average Bonchev–Trinajstić information content (AvgIpc) is 2.41. The Morgan fingerprint density at radius 3 is 2.40 bits per heavy atom. The number of nitrogens with two attached hydrogens (primary N) is 1. The molecule has 3 N–H and O–H groups in total. The van der Waals surface area contributed by atoms with E-state index in [0.29, 0.717) is 0 Å². The van der Waals surface area contributed by atoms with Crippen molar-refractivity contribution < 1.29 is 14.6 Å². The maximum atomic E-state index is 9.80. The summed E-state index contributed by atoms with van der Waals surface area (Å²) in [5.74, 6) is 0.742. The quantitative estimate of drug-likeness (QED) is 0.681. The van der Waals surface area contributed by atoms with Gasteiger partial charge in [-0.3, -0.25) is 0 Å². The number of ether oxygens (including phenoxy) is 2. The van der Waals surface area contributed by atoms with Crippen molar-refractivity contribution >= 4 is 0 Å². The highest BCUT2D eigenvalue weighted by Gasteiger charge is 2.23. The minimum absolute atomic E-state index is 0.197. The number of rotatable bonds is 9. The summed E-state index contributed by atoms with van der Waals surface area (Å²) in [6.07, 6.45) is 1.26. The number of hydrogen-bond acceptors (Lipinski definition) is 4. The second kappa shape index (κ2) is 8.25. The van der Waals surface area contributed by atoms with Gasteiger partial charge in [0.1, 0.15) is 18.5 Å². The van der Waals surface area contributed by atoms with Crippen molar-refractivity contribution in [2.45, 2.75) is 45.3 Å². The van der Waals surface area contributed by atoms with Gasteiger partial charge in [-0.2, -0.15) is 0 Å². The smallest absolute Gasteiger partial charge is 0.119 e. The minimum Gasteiger partial charge on any atom is -0.491 e. The van der Waals surface area contributed by atoms with Crippen molar-refractivity contribution in [1.82, 2.24) is 0 Å². The highest BCUT2D eigenvalue weighted by Crippen LogP contribution is 2.14. The number of aliphatic hydroxyl groups is 1. The number of aliphatic hydroxyl groups excluding tert-OH is 1. The Bertz CT molecular complexity index is 370. The Labute approximate surface area is 121 Å². The van der Waals surface area contributed by atoms with Crippen molar-refractivity contribution in [1.29, 1.82) is 0 Å². The molecule has 0 saturated carbocycles. The minimum atomic E-state index is -0.690. The molecule has 0 aromatic heterocycles. The van der Waals surface area contributed by atoms with E-state index in [1.807, 2.05) is 24.3 Å². The summed E-state index contributed by atoms with van der Waals surface area (Å²) in [6.45, 7) is 7.41. The van der Waals surface area contributed by atoms with Crippen LogP contribution < -0.4 is 10.5 Å². The van der Waals surface area contributed by atoms with Crippen LogP contribution in [0, 0.1) is 0 Å². The molecule has 0 amide bonds. The van der Waals surface area contributed by atoms with Crippen LogP contribution in [-0.4, -0.2) is 36.6 Å². The molecule has 0 heterocycles. The lowest BCUT2D eigenvalue weighted by Crippen LogP contribution is -2.48. The zero-order valence-corrected chi connectivity index (χ0v) is 12.8. The van der Waals surface area contributed by atoms with E-state index in [1.54, 1.807) is 13.8 Å². The van der Waals surface area contributed by atoms with Crippen LogP contribution in [0.4, 0.5) is 0 Å². The molecule has 0 radical (unpaired) electrons. The molecule has 1 rings (SSSR count). The first kappa shape index (κ1) is 17.0. The molecule has 1 aromatic rings. The van der Waals surface area contributed by atoms with Gasteiger partial charge >= 0.3 is 0 Å². The average molecular weight is 281 g/mol. The number of hydrogen-bond donors (Lipinski definition) is 2. The summed E-state index contributed by atoms with van der Waals surface area (Å²) >= 11 is 0. The topological polar surface area (TPSA) is 64.7 Å². The Kier molecular flexibility index (Phi) is 6.99. The molecule has 1 atom stereocenters. The van der Waals surface area contributed by atoms with Crippen molar-refractivity contribution in [2.24, 2.45) is 5.73 Å². The van der Waals surface area contributed by atoms with Crippen molar-refractivity contribution in [2.75, 3.05) is 19.8 Å². The molecule has 0 aliphatic carbocycles. The molecule has 20 heavy (non-hydrogen) atoms. The molecule has 1 aromatic carbocycles. The van der Waals surface area contributed by atoms with E-state index in [1.165, 1.54) is 5.56 Å². The third-order valence-electron chi connectivity index (χ3n) is 3.07. The van der Waals surface area contributed by atoms with Gasteiger partial charge in [0.25, 0.3) is 0 Å². The van der Waals surface area contributed by atoms with Gasteiger partial charge in [-0.1, -0.05) is 19.1 Å². The Morgan fingerprint density at radius 1 is 1.20 bits per heavy atom. The van der Waals surface area contributed by atoms with Crippen LogP contribution >= 0.6 is 0 Å². The van der Waals surface area contributed by atoms with Crippen molar-refractivity contribution in [3.8, 4) is 5.75 Å². The summed E-state index contributed by atoms with van der Waals surface area (Å²) in [4.78, 5) is 0. The Balaban J connectivity index is 2.35. The van der Waals surface area contributed by atoms with Crippen LogP contribution in [0.25, 0.3) is 0 Å². The van der Waals surface area contributed by atoms with Crippen molar-refractivity contribution in [3.05, 3.63) is 29.8 Å². The third kappa shape index (κ3) is 6.37. The van der Waals surface area contributed by atoms with E-state index in [9.17, 15) is 5.11 Å². The first-order valence-corrected chi connectivity index (χ1v) is 7.20. The normalized spacial score (nSPS) is 13.2. The molecule has 0 aliphatic rings. The SMILES string of the molecule is CCCOCCc1ccc(OCC(O)C(C)(C)N)cc1. The molecular formula is C16H27NO3. The first-order valence-electron chi connectivity index (χ1n) is 7.20. The summed E-state index contributed by atoms with van der Waals surface area (Å²) in [7, 11) is 0. The molecular weight excluding hydrogens is 254 g/mol. The molecule has 0 saturated heterocycles. The lowest BCUT2D eigenvalue weighted by Gasteiger charge is -2.25. The van der Waals surface area contributed by atoms with Crippen LogP contribution in [-0.2, 0) is 11.2 Å². The summed E-state index contributed by atoms with van der Waals surface area (Å²) in [5.41, 5.74) is 6.36. The third-order valence-corrected chi connectivity index (χ3v) is 3.07. The molecule has 4 heteroatoms. The summed E-state index contributed by atoms with van der Waals surface area (Å²) < 4.78 is 11.0. The predicted molar refractivity (Wildman–Crippen MR) is 81.0 cm³/mol. The van der Waals surface area contributed by atoms with Gasteiger partial charge in [-0.15, -0.1) is 0 Å². The zero-order chi connectivity index (χ0) is 15.0. The second-order valence-electron chi connectivity index (χ2n) is 5.65. The largest absolute Gasteiger partial charge is 0.491 e. The Hall–Kier alpha value is -1.10. The van der Waals surface area contributed by atoms with E-state index < -0.39 is 11.6 Å². The lowest BCUT2D eigenvalue weighted by molar-refractivity contribution is 0.0545. The van der Waals surface area contributed by atoms with Crippen LogP contribution in [0.5, 0.6) is 5.75 Å². The van der Waals surface area contributed by atoms with Crippen LogP contribution in [0.2, 0.25) is 0 Å². The van der Waals surface area contributed by atoms with Crippen LogP contribution in [0.3, 0.4) is 0 Å². The molecule has 0 fully saturated rings. The molecule has 1 unspecified atom stereocenters. The zero-order valence-electron chi connectivity index (χ0n) is 12.8. The van der Waals surface area contributed by atoms with Crippen LogP contribution in [0.15, 0.2) is 24.3 Å². The van der Waals surface area contributed by atoms with E-state index in [-0.39, 0.29) is 6.61 Å². The van der Waals surface area contributed by atoms with Crippen LogP contribution in [0.1, 0.15) is 32.8 Å². The highest BCUT2D eigenvalue weighted by atomic mass is 16.5. The predicted octanol–water partition coefficient (Wildman–Crippen LogP) is 2.13. The fraction of sp³-hybridized carbons (Fsp3) is 0.625. The van der Waals surface area contributed by atoms with Gasteiger partial charge in [0, 0.05) is 12.1 Å². The maximum absolute atomic E-state index is 9.80. The second-order valence-corrected chi connectivity index (χ2v) is 5.65. The van der Waals surface area contributed by atoms with E-state index in [4.69, 9.17) is 15.2 Å². The molecule has 0 aliphatic heterocycles.